The van der Waals surface area contributed by atoms with Gasteiger partial charge in [-0.15, -0.1) is 0 Å². The number of amides is 1. The van der Waals surface area contributed by atoms with E-state index in [1.165, 1.54) is 7.11 Å². The normalized spacial score (nSPS) is 12.6. The summed E-state index contributed by atoms with van der Waals surface area (Å²) in [6, 6.07) is 1.18. The van der Waals surface area contributed by atoms with E-state index in [4.69, 9.17) is 10.5 Å². The van der Waals surface area contributed by atoms with Crippen molar-refractivity contribution in [1.82, 2.24) is 4.98 Å². The summed E-state index contributed by atoms with van der Waals surface area (Å²) in [6.07, 6.45) is 0. The largest absolute Gasteiger partial charge is 0.383 e. The minimum atomic E-state index is -0.980. The van der Waals surface area contributed by atoms with E-state index in [1.54, 1.807) is 0 Å². The molecule has 0 spiro atoms. The minimum Gasteiger partial charge on any atom is -0.383 e. The zero-order valence-electron chi connectivity index (χ0n) is 9.94. The molecule has 1 amide bonds. The molecule has 102 valence electrons. The first-order chi connectivity index (χ1) is 9.01. The van der Waals surface area contributed by atoms with Crippen molar-refractivity contribution in [2.24, 2.45) is 5.73 Å². The van der Waals surface area contributed by atoms with Gasteiger partial charge in [-0.2, -0.15) is 0 Å². The third-order valence-electron chi connectivity index (χ3n) is 2.34. The van der Waals surface area contributed by atoms with E-state index >= 15 is 0 Å². The van der Waals surface area contributed by atoms with Crippen molar-refractivity contribution in [3.05, 3.63) is 23.8 Å². The van der Waals surface area contributed by atoms with Crippen molar-refractivity contribution in [3.8, 4) is 0 Å². The van der Waals surface area contributed by atoms with E-state index < -0.39 is 23.6 Å². The fourth-order valence-electron chi connectivity index (χ4n) is 1.43. The van der Waals surface area contributed by atoms with E-state index in [0.29, 0.717) is 4.70 Å². The molecular formula is C11H11F2N3O2S. The Morgan fingerprint density at radius 3 is 2.89 bits per heavy atom. The maximum Gasteiger partial charge on any atom is 0.245 e. The van der Waals surface area contributed by atoms with Crippen LogP contribution in [0.15, 0.2) is 12.1 Å². The van der Waals surface area contributed by atoms with Crippen LogP contribution in [-0.2, 0) is 9.53 Å². The predicted octanol–water partition coefficient (Wildman–Crippen LogP) is 1.49. The molecule has 2 aromatic rings. The summed E-state index contributed by atoms with van der Waals surface area (Å²) in [5, 5.41) is 2.71. The highest BCUT2D eigenvalue weighted by molar-refractivity contribution is 7.22. The molecule has 1 aromatic heterocycles. The molecule has 19 heavy (non-hydrogen) atoms. The number of carbonyl (C=O) groups excluding carboxylic acids is 1. The number of halogens is 2. The highest BCUT2D eigenvalue weighted by atomic mass is 32.1. The number of nitrogens with zero attached hydrogens (tertiary/aromatic N) is 1. The molecule has 0 bridgehead atoms. The fourth-order valence-corrected chi connectivity index (χ4v) is 2.31. The van der Waals surface area contributed by atoms with Crippen LogP contribution in [0, 0.1) is 11.6 Å². The fraction of sp³-hybridized carbons (Fsp3) is 0.273. The van der Waals surface area contributed by atoms with Gasteiger partial charge in [0.15, 0.2) is 16.8 Å². The Morgan fingerprint density at radius 1 is 1.53 bits per heavy atom. The molecule has 0 aliphatic heterocycles. The van der Waals surface area contributed by atoms with Crippen molar-refractivity contribution in [2.75, 3.05) is 19.0 Å². The van der Waals surface area contributed by atoms with E-state index in [0.717, 1.165) is 23.5 Å². The number of nitrogens with two attached hydrogens (primary N) is 1. The van der Waals surface area contributed by atoms with Gasteiger partial charge in [0.1, 0.15) is 6.04 Å². The molecule has 0 saturated carbocycles. The number of rotatable bonds is 4. The van der Waals surface area contributed by atoms with E-state index in [1.807, 2.05) is 0 Å². The van der Waals surface area contributed by atoms with Gasteiger partial charge in [0, 0.05) is 13.2 Å². The summed E-state index contributed by atoms with van der Waals surface area (Å²) in [5.41, 5.74) is 5.82. The van der Waals surface area contributed by atoms with Crippen LogP contribution in [-0.4, -0.2) is 30.6 Å². The number of hydrogen-bond acceptors (Lipinski definition) is 5. The number of hydrogen-bond donors (Lipinski definition) is 2. The molecule has 8 heteroatoms. The van der Waals surface area contributed by atoms with Gasteiger partial charge in [-0.05, 0) is 6.07 Å². The topological polar surface area (TPSA) is 77.2 Å². The van der Waals surface area contributed by atoms with Crippen molar-refractivity contribution >= 4 is 32.6 Å². The third-order valence-corrected chi connectivity index (χ3v) is 3.28. The minimum absolute atomic E-state index is 0.0694. The lowest BCUT2D eigenvalue weighted by Gasteiger charge is -2.08. The summed E-state index contributed by atoms with van der Waals surface area (Å²) >= 11 is 1.04. The summed E-state index contributed by atoms with van der Waals surface area (Å²) in [6.45, 7) is 0.0694. The summed E-state index contributed by atoms with van der Waals surface area (Å²) in [7, 11) is 1.43. The maximum absolute atomic E-state index is 13.0. The van der Waals surface area contributed by atoms with Gasteiger partial charge in [-0.25, -0.2) is 13.8 Å². The van der Waals surface area contributed by atoms with Crippen LogP contribution in [0.1, 0.15) is 0 Å². The van der Waals surface area contributed by atoms with E-state index in [2.05, 4.69) is 10.3 Å². The lowest BCUT2D eigenvalue weighted by atomic mass is 10.3. The lowest BCUT2D eigenvalue weighted by Crippen LogP contribution is -2.39. The van der Waals surface area contributed by atoms with E-state index in [9.17, 15) is 13.6 Å². The molecule has 0 saturated heterocycles. The number of nitrogens with one attached hydrogen (secondary N) is 1. The van der Waals surface area contributed by atoms with Crippen molar-refractivity contribution in [2.45, 2.75) is 6.04 Å². The average molecular weight is 287 g/mol. The number of benzene rings is 1. The molecule has 1 aromatic carbocycles. The molecule has 5 nitrogen and oxygen atoms in total. The molecule has 0 fully saturated rings. The molecule has 1 unspecified atom stereocenters. The number of carbonyl (C=O) groups is 1. The van der Waals surface area contributed by atoms with Gasteiger partial charge in [-0.3, -0.25) is 4.79 Å². The maximum atomic E-state index is 13.0. The number of fused-ring (bicyclic) bond motifs is 1. The van der Waals surface area contributed by atoms with Crippen LogP contribution in [0.4, 0.5) is 13.9 Å². The van der Waals surface area contributed by atoms with Crippen LogP contribution in [0.3, 0.4) is 0 Å². The van der Waals surface area contributed by atoms with Gasteiger partial charge in [0.25, 0.3) is 0 Å². The highest BCUT2D eigenvalue weighted by Gasteiger charge is 2.16. The molecular weight excluding hydrogens is 276 g/mol. The lowest BCUT2D eigenvalue weighted by molar-refractivity contribution is -0.118. The number of thiazole rings is 1. The monoisotopic (exact) mass is 287 g/mol. The van der Waals surface area contributed by atoms with Gasteiger partial charge in [-0.1, -0.05) is 11.3 Å². The SMILES string of the molecule is COCC(N)C(=O)Nc1nc2cc(F)c(F)cc2s1. The molecule has 0 aliphatic carbocycles. The first-order valence-electron chi connectivity index (χ1n) is 5.32. The molecule has 2 rings (SSSR count). The van der Waals surface area contributed by atoms with Crippen LogP contribution in [0.5, 0.6) is 0 Å². The molecule has 3 N–H and O–H groups in total. The smallest absolute Gasteiger partial charge is 0.245 e. The Labute approximate surface area is 111 Å². The Kier molecular flexibility index (Phi) is 4.03. The molecule has 0 aliphatic rings. The Balaban J connectivity index is 2.20. The zero-order chi connectivity index (χ0) is 14.0. The van der Waals surface area contributed by atoms with Crippen LogP contribution >= 0.6 is 11.3 Å². The van der Waals surface area contributed by atoms with Crippen LogP contribution < -0.4 is 11.1 Å². The first kappa shape index (κ1) is 13.8. The van der Waals surface area contributed by atoms with Crippen molar-refractivity contribution < 1.29 is 18.3 Å². The van der Waals surface area contributed by atoms with Gasteiger partial charge >= 0.3 is 0 Å². The molecule has 0 radical (unpaired) electrons. The Morgan fingerprint density at radius 2 is 2.21 bits per heavy atom. The van der Waals surface area contributed by atoms with Gasteiger partial charge in [0.05, 0.1) is 16.8 Å². The standard InChI is InChI=1S/C11H11F2N3O2S/c1-18-4-7(14)10(17)16-11-15-8-2-5(12)6(13)3-9(8)19-11/h2-3,7H,4,14H2,1H3,(H,15,16,17). The van der Waals surface area contributed by atoms with Crippen molar-refractivity contribution in [3.63, 3.8) is 0 Å². The second kappa shape index (κ2) is 5.55. The second-order valence-electron chi connectivity index (χ2n) is 3.80. The Hall–Kier alpha value is -1.64. The number of methoxy groups -OCH3 is 1. The number of aromatic nitrogens is 1. The summed E-state index contributed by atoms with van der Waals surface area (Å²) in [4.78, 5) is 15.6. The van der Waals surface area contributed by atoms with Crippen LogP contribution in [0.2, 0.25) is 0 Å². The number of ether oxygens (including phenoxy) is 1. The summed E-state index contributed by atoms with van der Waals surface area (Å²) < 4.78 is 31.2. The predicted molar refractivity (Wildman–Crippen MR) is 68.0 cm³/mol. The van der Waals surface area contributed by atoms with Crippen LogP contribution in [0.25, 0.3) is 10.2 Å². The molecule has 1 heterocycles. The molecule has 1 atom stereocenters. The van der Waals surface area contributed by atoms with Crippen molar-refractivity contribution in [1.29, 1.82) is 0 Å². The highest BCUT2D eigenvalue weighted by Crippen LogP contribution is 2.27. The summed E-state index contributed by atoms with van der Waals surface area (Å²) in [5.74, 6) is -2.40. The second-order valence-corrected chi connectivity index (χ2v) is 4.83. The average Bonchev–Trinajstić information content (AvgIpc) is 2.71. The Bertz CT molecular complexity index is 578. The van der Waals surface area contributed by atoms with E-state index in [-0.39, 0.29) is 17.3 Å². The number of anilines is 1. The van der Waals surface area contributed by atoms with Gasteiger partial charge < -0.3 is 15.8 Å². The third kappa shape index (κ3) is 3.03. The zero-order valence-corrected chi connectivity index (χ0v) is 10.8. The quantitative estimate of drug-likeness (QED) is 0.893. The first-order valence-corrected chi connectivity index (χ1v) is 6.14. The van der Waals surface area contributed by atoms with Gasteiger partial charge in [0.2, 0.25) is 5.91 Å².